The number of anilines is 2. The van der Waals surface area contributed by atoms with Gasteiger partial charge in [0.2, 0.25) is 11.7 Å². The highest BCUT2D eigenvalue weighted by molar-refractivity contribution is 6.15. The second kappa shape index (κ2) is 8.56. The van der Waals surface area contributed by atoms with E-state index >= 15 is 0 Å². The van der Waals surface area contributed by atoms with E-state index in [1.165, 1.54) is 0 Å². The van der Waals surface area contributed by atoms with Crippen molar-refractivity contribution in [2.45, 2.75) is 6.61 Å². The van der Waals surface area contributed by atoms with Gasteiger partial charge >= 0.3 is 0 Å². The highest BCUT2D eigenvalue weighted by Crippen LogP contribution is 2.40. The van der Waals surface area contributed by atoms with Crippen molar-refractivity contribution in [2.75, 3.05) is 11.1 Å². The smallest absolute Gasteiger partial charge is 0.249 e. The van der Waals surface area contributed by atoms with Crippen molar-refractivity contribution in [3.8, 4) is 28.8 Å². The molecule has 8 nitrogen and oxygen atoms in total. The summed E-state index contributed by atoms with van der Waals surface area (Å²) < 4.78 is 7.48. The predicted molar refractivity (Wildman–Crippen MR) is 126 cm³/mol. The molecule has 1 unspecified atom stereocenters. The molecule has 3 aromatic carbocycles. The third kappa shape index (κ3) is 3.65. The van der Waals surface area contributed by atoms with Crippen LogP contribution in [0.15, 0.2) is 78.9 Å². The second-order valence-corrected chi connectivity index (χ2v) is 7.75. The fraction of sp³-hybridized carbons (Fsp3) is 0.0769. The van der Waals surface area contributed by atoms with Crippen LogP contribution in [-0.2, 0) is 11.4 Å². The Labute approximate surface area is 195 Å². The van der Waals surface area contributed by atoms with Crippen LogP contribution in [0.25, 0.3) is 16.9 Å². The van der Waals surface area contributed by atoms with E-state index in [2.05, 4.69) is 10.4 Å². The maximum atomic E-state index is 13.5. The first-order chi connectivity index (χ1) is 16.6. The van der Waals surface area contributed by atoms with E-state index in [0.717, 1.165) is 5.56 Å². The zero-order valence-electron chi connectivity index (χ0n) is 17.9. The number of nitrogens with two attached hydrogens (primary N) is 1. The number of rotatable bonds is 5. The molecule has 3 N–H and O–H groups in total. The summed E-state index contributed by atoms with van der Waals surface area (Å²) >= 11 is 0. The standard InChI is InChI=1S/C26H19N5O3/c27-14-20(26(33)29-17-8-2-1-3-9-17)25(32)23-21-15-34-22-12-5-4-11-19(22)24(21)31(30-23)18-10-6-7-16(28)13-18/h1-13,20H,15,28H2,(H,29,33). The Hall–Kier alpha value is -4.90. The fourth-order valence-electron chi connectivity index (χ4n) is 3.95. The number of hydrogen-bond donors (Lipinski definition) is 2. The summed E-state index contributed by atoms with van der Waals surface area (Å²) in [5, 5.41) is 16.9. The number of nitriles is 1. The lowest BCUT2D eigenvalue weighted by molar-refractivity contribution is -0.117. The molecule has 1 aliphatic rings. The predicted octanol–water partition coefficient (Wildman–Crippen LogP) is 3.98. The highest BCUT2D eigenvalue weighted by Gasteiger charge is 2.36. The second-order valence-electron chi connectivity index (χ2n) is 7.75. The maximum absolute atomic E-state index is 13.5. The molecule has 4 aromatic rings. The van der Waals surface area contributed by atoms with Gasteiger partial charge in [-0.2, -0.15) is 10.4 Å². The van der Waals surface area contributed by atoms with Crippen LogP contribution in [0.4, 0.5) is 11.4 Å². The Balaban J connectivity index is 1.60. The van der Waals surface area contributed by atoms with Crippen molar-refractivity contribution in [1.82, 2.24) is 9.78 Å². The van der Waals surface area contributed by atoms with Crippen LogP contribution < -0.4 is 15.8 Å². The lowest BCUT2D eigenvalue weighted by atomic mass is 9.96. The number of para-hydroxylation sites is 2. The van der Waals surface area contributed by atoms with Crippen LogP contribution in [-0.4, -0.2) is 21.5 Å². The van der Waals surface area contributed by atoms with Gasteiger partial charge in [-0.25, -0.2) is 4.68 Å². The molecular weight excluding hydrogens is 430 g/mol. The minimum atomic E-state index is -1.58. The van der Waals surface area contributed by atoms with Gasteiger partial charge in [-0.05, 0) is 42.5 Å². The van der Waals surface area contributed by atoms with Gasteiger partial charge in [0.1, 0.15) is 18.1 Å². The van der Waals surface area contributed by atoms with Crippen molar-refractivity contribution < 1.29 is 14.3 Å². The van der Waals surface area contributed by atoms with Gasteiger partial charge in [0, 0.05) is 22.5 Å². The number of carbonyl (C=O) groups excluding carboxylic acids is 2. The number of aromatic nitrogens is 2. The van der Waals surface area contributed by atoms with Gasteiger partial charge in [0.15, 0.2) is 5.92 Å². The number of carbonyl (C=O) groups is 2. The number of nitrogen functional groups attached to an aromatic ring is 1. The first-order valence-electron chi connectivity index (χ1n) is 10.6. The quantitative estimate of drug-likeness (QED) is 0.270. The molecular formula is C26H19N5O3. The summed E-state index contributed by atoms with van der Waals surface area (Å²) in [5.41, 5.74) is 9.60. The Kier molecular flexibility index (Phi) is 5.28. The maximum Gasteiger partial charge on any atom is 0.249 e. The Bertz CT molecular complexity index is 1450. The van der Waals surface area contributed by atoms with Crippen LogP contribution in [0, 0.1) is 17.2 Å². The third-order valence-corrected chi connectivity index (χ3v) is 5.54. The molecule has 1 amide bonds. The average Bonchev–Trinajstić information content (AvgIpc) is 3.25. The van der Waals surface area contributed by atoms with E-state index in [0.29, 0.717) is 34.1 Å². The highest BCUT2D eigenvalue weighted by atomic mass is 16.5. The summed E-state index contributed by atoms with van der Waals surface area (Å²) in [5.74, 6) is -2.34. The largest absolute Gasteiger partial charge is 0.488 e. The van der Waals surface area contributed by atoms with Gasteiger partial charge < -0.3 is 15.8 Å². The number of ether oxygens (including phenoxy) is 1. The molecule has 166 valence electrons. The summed E-state index contributed by atoms with van der Waals surface area (Å²) in [6.07, 6.45) is 0. The van der Waals surface area contributed by atoms with Crippen LogP contribution in [0.3, 0.4) is 0 Å². The number of Topliss-reactive ketones (excluding diaryl/α,β-unsaturated/α-hetero) is 1. The van der Waals surface area contributed by atoms with Crippen molar-refractivity contribution in [2.24, 2.45) is 5.92 Å². The molecule has 34 heavy (non-hydrogen) atoms. The molecule has 1 atom stereocenters. The number of ketones is 1. The molecule has 8 heteroatoms. The zero-order valence-corrected chi connectivity index (χ0v) is 17.9. The molecule has 1 aliphatic heterocycles. The summed E-state index contributed by atoms with van der Waals surface area (Å²) in [7, 11) is 0. The molecule has 0 radical (unpaired) electrons. The van der Waals surface area contributed by atoms with Gasteiger partial charge in [0.05, 0.1) is 17.5 Å². The first kappa shape index (κ1) is 21.0. The Morgan fingerprint density at radius 1 is 1.06 bits per heavy atom. The average molecular weight is 449 g/mol. The number of nitrogens with one attached hydrogen (secondary N) is 1. The van der Waals surface area contributed by atoms with Gasteiger partial charge in [0.25, 0.3) is 0 Å². The van der Waals surface area contributed by atoms with E-state index in [-0.39, 0.29) is 12.3 Å². The Morgan fingerprint density at radius 2 is 1.82 bits per heavy atom. The lowest BCUT2D eigenvalue weighted by Crippen LogP contribution is -2.29. The normalized spacial score (nSPS) is 12.4. The van der Waals surface area contributed by atoms with Crippen molar-refractivity contribution in [3.05, 3.63) is 90.1 Å². The topological polar surface area (TPSA) is 123 Å². The minimum absolute atomic E-state index is 0.0155. The molecule has 0 bridgehead atoms. The number of amides is 1. The third-order valence-electron chi connectivity index (χ3n) is 5.54. The van der Waals surface area contributed by atoms with E-state index in [1.807, 2.05) is 36.4 Å². The summed E-state index contributed by atoms with van der Waals surface area (Å²) in [6, 6.07) is 25.0. The molecule has 0 saturated heterocycles. The van der Waals surface area contributed by atoms with Crippen LogP contribution >= 0.6 is 0 Å². The van der Waals surface area contributed by atoms with Crippen LogP contribution in [0.5, 0.6) is 5.75 Å². The van der Waals surface area contributed by atoms with E-state index < -0.39 is 17.6 Å². The first-order valence-corrected chi connectivity index (χ1v) is 10.6. The number of fused-ring (bicyclic) bond motifs is 3. The van der Waals surface area contributed by atoms with Crippen molar-refractivity contribution in [3.63, 3.8) is 0 Å². The Morgan fingerprint density at radius 3 is 2.59 bits per heavy atom. The monoisotopic (exact) mass is 449 g/mol. The molecule has 2 heterocycles. The van der Waals surface area contributed by atoms with Gasteiger partial charge in [-0.1, -0.05) is 36.4 Å². The van der Waals surface area contributed by atoms with Crippen LogP contribution in [0.1, 0.15) is 16.1 Å². The molecule has 0 fully saturated rings. The SMILES string of the molecule is N#CC(C(=O)Nc1ccccc1)C(=O)c1nn(-c2cccc(N)c2)c2c1COc1ccccc1-2. The molecule has 0 spiro atoms. The van der Waals surface area contributed by atoms with E-state index in [1.54, 1.807) is 53.2 Å². The number of hydrogen-bond acceptors (Lipinski definition) is 6. The van der Waals surface area contributed by atoms with Crippen molar-refractivity contribution >= 4 is 23.1 Å². The van der Waals surface area contributed by atoms with Gasteiger partial charge in [-0.3, -0.25) is 9.59 Å². The lowest BCUT2D eigenvalue weighted by Gasteiger charge is -2.19. The molecule has 0 saturated carbocycles. The zero-order chi connectivity index (χ0) is 23.7. The number of nitrogens with zero attached hydrogens (tertiary/aromatic N) is 3. The van der Waals surface area contributed by atoms with Crippen LogP contribution in [0.2, 0.25) is 0 Å². The minimum Gasteiger partial charge on any atom is -0.488 e. The van der Waals surface area contributed by atoms with Gasteiger partial charge in [-0.15, -0.1) is 0 Å². The summed E-state index contributed by atoms with van der Waals surface area (Å²) in [4.78, 5) is 26.3. The number of benzene rings is 3. The molecule has 0 aliphatic carbocycles. The molecule has 1 aromatic heterocycles. The summed E-state index contributed by atoms with van der Waals surface area (Å²) in [6.45, 7) is 0.0776. The fourth-order valence-corrected chi connectivity index (χ4v) is 3.95. The van der Waals surface area contributed by atoms with E-state index in [9.17, 15) is 14.9 Å². The van der Waals surface area contributed by atoms with Crippen molar-refractivity contribution in [1.29, 1.82) is 5.26 Å². The molecule has 5 rings (SSSR count). The van der Waals surface area contributed by atoms with E-state index in [4.69, 9.17) is 10.5 Å².